The van der Waals surface area contributed by atoms with Crippen molar-refractivity contribution >= 4 is 51.1 Å². The highest BCUT2D eigenvalue weighted by Gasteiger charge is 2.10. The van der Waals surface area contributed by atoms with Gasteiger partial charge in [-0.2, -0.15) is 0 Å². The number of halogens is 1. The van der Waals surface area contributed by atoms with E-state index in [0.717, 1.165) is 3.79 Å². The third-order valence-electron chi connectivity index (χ3n) is 2.94. The van der Waals surface area contributed by atoms with Crippen LogP contribution < -0.4 is 0 Å². The van der Waals surface area contributed by atoms with E-state index in [4.69, 9.17) is 4.74 Å². The Morgan fingerprint density at radius 3 is 2.42 bits per heavy atom. The third-order valence-corrected chi connectivity index (χ3v) is 4.60. The summed E-state index contributed by atoms with van der Waals surface area (Å²) < 4.78 is 10.4. The monoisotopic (exact) mass is 408 g/mol. The van der Waals surface area contributed by atoms with E-state index in [1.165, 1.54) is 30.6 Å². The molecule has 0 aliphatic heterocycles. The summed E-state index contributed by atoms with van der Waals surface area (Å²) in [6.07, 6.45) is 2.76. The smallest absolute Gasteiger partial charge is 0.337 e. The fourth-order valence-electron chi connectivity index (χ4n) is 1.73. The predicted molar refractivity (Wildman–Crippen MR) is 94.1 cm³/mol. The molecule has 0 amide bonds. The van der Waals surface area contributed by atoms with E-state index in [9.17, 15) is 14.4 Å². The van der Waals surface area contributed by atoms with Gasteiger partial charge in [0.15, 0.2) is 6.61 Å². The Hall–Kier alpha value is -2.25. The highest BCUT2D eigenvalue weighted by molar-refractivity contribution is 9.11. The van der Waals surface area contributed by atoms with E-state index in [1.807, 2.05) is 0 Å². The molecule has 0 saturated heterocycles. The van der Waals surface area contributed by atoms with Crippen molar-refractivity contribution in [2.45, 2.75) is 0 Å². The molecule has 0 aliphatic carbocycles. The van der Waals surface area contributed by atoms with Gasteiger partial charge in [0.2, 0.25) is 5.78 Å². The summed E-state index contributed by atoms with van der Waals surface area (Å²) in [5.74, 6) is -1.30. The van der Waals surface area contributed by atoms with Crippen molar-refractivity contribution in [2.24, 2.45) is 0 Å². The predicted octanol–water partition coefficient (Wildman–Crippen LogP) is 3.74. The minimum absolute atomic E-state index is 0.255. The maximum Gasteiger partial charge on any atom is 0.337 e. The van der Waals surface area contributed by atoms with Crippen LogP contribution in [0.1, 0.15) is 25.6 Å². The summed E-state index contributed by atoms with van der Waals surface area (Å²) in [5.41, 5.74) is 1.14. The minimum Gasteiger partial charge on any atom is -0.465 e. The fourth-order valence-corrected chi connectivity index (χ4v) is 3.04. The lowest BCUT2D eigenvalue weighted by Crippen LogP contribution is -2.11. The Bertz CT molecular complexity index is 777. The SMILES string of the molecule is COC(=O)c1ccc(/C=C/C(=O)OCC(=O)c2ccc(Br)s2)cc1. The van der Waals surface area contributed by atoms with Crippen LogP contribution >= 0.6 is 27.3 Å². The highest BCUT2D eigenvalue weighted by atomic mass is 79.9. The molecular weight excluding hydrogens is 396 g/mol. The molecule has 124 valence electrons. The Kier molecular flexibility index (Phi) is 6.45. The lowest BCUT2D eigenvalue weighted by atomic mass is 10.1. The molecule has 1 heterocycles. The Morgan fingerprint density at radius 1 is 1.12 bits per heavy atom. The quantitative estimate of drug-likeness (QED) is 0.413. The molecule has 2 aromatic rings. The maximum atomic E-state index is 11.8. The number of ether oxygens (including phenoxy) is 2. The van der Waals surface area contributed by atoms with Gasteiger partial charge in [-0.25, -0.2) is 9.59 Å². The molecule has 5 nitrogen and oxygen atoms in total. The summed E-state index contributed by atoms with van der Waals surface area (Å²) in [6.45, 7) is -0.308. The molecule has 0 fully saturated rings. The van der Waals surface area contributed by atoms with Gasteiger partial charge in [0.25, 0.3) is 0 Å². The second kappa shape index (κ2) is 8.56. The first kappa shape index (κ1) is 18.1. The maximum absolute atomic E-state index is 11.8. The van der Waals surface area contributed by atoms with Crippen LogP contribution in [0.3, 0.4) is 0 Å². The molecule has 0 unspecified atom stereocenters. The zero-order chi connectivity index (χ0) is 17.5. The van der Waals surface area contributed by atoms with E-state index in [2.05, 4.69) is 20.7 Å². The number of carbonyl (C=O) groups is 3. The molecule has 7 heteroatoms. The summed E-state index contributed by atoms with van der Waals surface area (Å²) in [6, 6.07) is 9.96. The number of esters is 2. The number of rotatable bonds is 6. The van der Waals surface area contributed by atoms with Gasteiger partial charge >= 0.3 is 11.9 Å². The topological polar surface area (TPSA) is 69.7 Å². The number of hydrogen-bond donors (Lipinski definition) is 0. The van der Waals surface area contributed by atoms with Crippen LogP contribution in [0.25, 0.3) is 6.08 Å². The van der Waals surface area contributed by atoms with Crippen LogP contribution in [0, 0.1) is 0 Å². The van der Waals surface area contributed by atoms with Crippen LogP contribution in [-0.2, 0) is 14.3 Å². The van der Waals surface area contributed by atoms with Crippen LogP contribution in [0.15, 0.2) is 46.3 Å². The summed E-state index contributed by atoms with van der Waals surface area (Å²) in [5, 5.41) is 0. The molecule has 0 bridgehead atoms. The summed E-state index contributed by atoms with van der Waals surface area (Å²) in [4.78, 5) is 35.3. The summed E-state index contributed by atoms with van der Waals surface area (Å²) >= 11 is 4.55. The average Bonchev–Trinajstić information content (AvgIpc) is 3.04. The van der Waals surface area contributed by atoms with Gasteiger partial charge in [0, 0.05) is 6.08 Å². The van der Waals surface area contributed by atoms with E-state index in [0.29, 0.717) is 16.0 Å². The number of hydrogen-bond acceptors (Lipinski definition) is 6. The molecule has 0 N–H and O–H groups in total. The van der Waals surface area contributed by atoms with E-state index in [-0.39, 0.29) is 12.4 Å². The standard InChI is InChI=1S/C17H13BrO5S/c1-22-17(21)12-5-2-11(3-6-12)4-9-16(20)23-10-13(19)14-7-8-15(18)24-14/h2-9H,10H2,1H3/b9-4+. The molecule has 0 radical (unpaired) electrons. The Balaban J connectivity index is 1.86. The van der Waals surface area contributed by atoms with Crippen molar-refractivity contribution in [1.82, 2.24) is 0 Å². The van der Waals surface area contributed by atoms with Gasteiger partial charge < -0.3 is 9.47 Å². The Labute approximate surface area is 151 Å². The zero-order valence-corrected chi connectivity index (χ0v) is 15.1. The van der Waals surface area contributed by atoms with Crippen molar-refractivity contribution in [3.63, 3.8) is 0 Å². The van der Waals surface area contributed by atoms with Crippen LogP contribution in [-0.4, -0.2) is 31.4 Å². The van der Waals surface area contributed by atoms with Gasteiger partial charge in [0.05, 0.1) is 21.3 Å². The largest absolute Gasteiger partial charge is 0.465 e. The normalized spacial score (nSPS) is 10.6. The van der Waals surface area contributed by atoms with Crippen molar-refractivity contribution in [2.75, 3.05) is 13.7 Å². The fraction of sp³-hybridized carbons (Fsp3) is 0.118. The molecule has 0 saturated carbocycles. The highest BCUT2D eigenvalue weighted by Crippen LogP contribution is 2.22. The van der Waals surface area contributed by atoms with Crippen molar-refractivity contribution in [1.29, 1.82) is 0 Å². The van der Waals surface area contributed by atoms with Gasteiger partial charge in [-0.3, -0.25) is 4.79 Å². The van der Waals surface area contributed by atoms with E-state index >= 15 is 0 Å². The number of methoxy groups -OCH3 is 1. The number of carbonyl (C=O) groups excluding carboxylic acids is 3. The summed E-state index contributed by atoms with van der Waals surface area (Å²) in [7, 11) is 1.31. The number of ketones is 1. The first-order valence-electron chi connectivity index (χ1n) is 6.81. The van der Waals surface area contributed by atoms with Crippen molar-refractivity contribution < 1.29 is 23.9 Å². The van der Waals surface area contributed by atoms with Crippen molar-refractivity contribution in [3.05, 3.63) is 62.3 Å². The molecule has 0 spiro atoms. The number of Topliss-reactive ketones (excluding diaryl/α,β-unsaturated/α-hetero) is 1. The van der Waals surface area contributed by atoms with Crippen LogP contribution in [0.5, 0.6) is 0 Å². The molecule has 1 aromatic carbocycles. The Morgan fingerprint density at radius 2 is 1.83 bits per heavy atom. The van der Waals surface area contributed by atoms with Gasteiger partial charge in [-0.1, -0.05) is 12.1 Å². The van der Waals surface area contributed by atoms with Crippen LogP contribution in [0.4, 0.5) is 0 Å². The van der Waals surface area contributed by atoms with Gasteiger partial charge in [0.1, 0.15) is 0 Å². The average molecular weight is 409 g/mol. The van der Waals surface area contributed by atoms with E-state index in [1.54, 1.807) is 36.4 Å². The third kappa shape index (κ3) is 5.14. The molecule has 0 aliphatic rings. The zero-order valence-electron chi connectivity index (χ0n) is 12.7. The second-order valence-electron chi connectivity index (χ2n) is 4.58. The number of benzene rings is 1. The molecular formula is C17H13BrO5S. The lowest BCUT2D eigenvalue weighted by molar-refractivity contribution is -0.136. The second-order valence-corrected chi connectivity index (χ2v) is 7.04. The first-order valence-corrected chi connectivity index (χ1v) is 8.42. The van der Waals surface area contributed by atoms with E-state index < -0.39 is 11.9 Å². The van der Waals surface area contributed by atoms with Gasteiger partial charge in [-0.15, -0.1) is 11.3 Å². The lowest BCUT2D eigenvalue weighted by Gasteiger charge is -2.00. The van der Waals surface area contributed by atoms with Crippen molar-refractivity contribution in [3.8, 4) is 0 Å². The molecule has 2 rings (SSSR count). The molecule has 1 aromatic heterocycles. The van der Waals surface area contributed by atoms with Crippen LogP contribution in [0.2, 0.25) is 0 Å². The first-order chi connectivity index (χ1) is 11.5. The van der Waals surface area contributed by atoms with Gasteiger partial charge in [-0.05, 0) is 51.8 Å². The molecule has 24 heavy (non-hydrogen) atoms. The minimum atomic E-state index is -0.615. The molecule has 0 atom stereocenters. The number of thiophene rings is 1.